The maximum atomic E-state index is 7.26. The van der Waals surface area contributed by atoms with Gasteiger partial charge in [0.25, 0.3) is 0 Å². The number of hydrogen-bond acceptors (Lipinski definition) is 3. The molecule has 0 rings (SSSR count). The van der Waals surface area contributed by atoms with Gasteiger partial charge in [-0.1, -0.05) is 0 Å². The summed E-state index contributed by atoms with van der Waals surface area (Å²) < 4.78 is 0. The Morgan fingerprint density at radius 3 is 1.29 bits per heavy atom. The molecule has 0 aliphatic heterocycles. The minimum absolute atomic E-state index is 1.24. The van der Waals surface area contributed by atoms with E-state index in [4.69, 9.17) is 10.5 Å². The molecule has 0 saturated carbocycles. The van der Waals surface area contributed by atoms with Crippen LogP contribution in [-0.2, 0) is 0 Å². The third-order valence-electron chi connectivity index (χ3n) is 0.0500. The lowest BCUT2D eigenvalue weighted by molar-refractivity contribution is 1.02. The summed E-state index contributed by atoms with van der Waals surface area (Å²) in [5, 5.41) is 17.3. The van der Waals surface area contributed by atoms with Gasteiger partial charge in [-0.2, -0.15) is 10.5 Å². The highest BCUT2D eigenvalue weighted by Crippen LogP contribution is 1.27. The molecule has 0 amide bonds. The fraction of sp³-hybridized carbons (Fsp3) is 0.500. The van der Waals surface area contributed by atoms with E-state index >= 15 is 0 Å². The van der Waals surface area contributed by atoms with Gasteiger partial charge in [-0.25, -0.2) is 0 Å². The van der Waals surface area contributed by atoms with Gasteiger partial charge < -0.3 is 5.32 Å². The quantitative estimate of drug-likeness (QED) is 0.458. The normalized spacial score (nSPS) is 4.00. The molecule has 0 aromatic rings. The molecule has 0 unspecified atom stereocenters. The third-order valence-corrected chi connectivity index (χ3v) is 0.0500. The molecular weight excluding hydrogens is 90.1 g/mol. The van der Waals surface area contributed by atoms with Gasteiger partial charge in [-0.15, -0.1) is 0 Å². The van der Waals surface area contributed by atoms with Gasteiger partial charge in [-0.05, 0) is 14.1 Å². The second-order valence-corrected chi connectivity index (χ2v) is 0.724. The zero-order valence-corrected chi connectivity index (χ0v) is 4.39. The Kier molecular flexibility index (Phi) is 27.2. The minimum atomic E-state index is 1.24. The first kappa shape index (κ1) is 9.34. The molecule has 0 aromatic heterocycles. The fourth-order valence-corrected chi connectivity index (χ4v) is 0. The summed E-state index contributed by atoms with van der Waals surface area (Å²) in [6, 6.07) is 2.47. The van der Waals surface area contributed by atoms with E-state index in [9.17, 15) is 0 Å². The van der Waals surface area contributed by atoms with Crippen molar-refractivity contribution in [3.05, 3.63) is 0 Å². The van der Waals surface area contributed by atoms with Crippen LogP contribution in [0.2, 0.25) is 0 Å². The lowest BCUT2D eigenvalue weighted by atomic mass is 10.9. The molecule has 0 atom stereocenters. The number of rotatable bonds is 0. The highest BCUT2D eigenvalue weighted by molar-refractivity contribution is 4.99. The Hall–Kier alpha value is -1.06. The summed E-state index contributed by atoms with van der Waals surface area (Å²) in [6.07, 6.45) is 0. The van der Waals surface area contributed by atoms with Gasteiger partial charge in [0.15, 0.2) is 12.1 Å². The maximum absolute atomic E-state index is 7.26. The van der Waals surface area contributed by atoms with Gasteiger partial charge in [0.1, 0.15) is 0 Å². The topological polar surface area (TPSA) is 59.6 Å². The average molecular weight is 97.1 g/mol. The Bertz CT molecular complexity index is 72.1. The van der Waals surface area contributed by atoms with Crippen molar-refractivity contribution >= 4 is 0 Å². The number of nitrogens with one attached hydrogen (secondary N) is 1. The van der Waals surface area contributed by atoms with E-state index in [1.807, 2.05) is 14.1 Å². The standard InChI is InChI=1S/C2N2.C2H7N/c3-1-2-4;1-3-2/h;3H,1-2H3. The van der Waals surface area contributed by atoms with E-state index in [1.54, 1.807) is 0 Å². The summed E-state index contributed by atoms with van der Waals surface area (Å²) in [5.41, 5.74) is 0. The van der Waals surface area contributed by atoms with Crippen molar-refractivity contribution in [3.63, 3.8) is 0 Å². The van der Waals surface area contributed by atoms with Gasteiger partial charge in [0.2, 0.25) is 0 Å². The summed E-state index contributed by atoms with van der Waals surface area (Å²) in [7, 11) is 3.75. The lowest BCUT2D eigenvalue weighted by Crippen LogP contribution is -1.89. The molecule has 0 spiro atoms. The molecule has 0 aromatic carbocycles. The van der Waals surface area contributed by atoms with Crippen molar-refractivity contribution in [1.29, 1.82) is 10.5 Å². The van der Waals surface area contributed by atoms with Gasteiger partial charge in [0, 0.05) is 0 Å². The molecule has 7 heavy (non-hydrogen) atoms. The van der Waals surface area contributed by atoms with Crippen LogP contribution in [0.25, 0.3) is 0 Å². The molecule has 1 N–H and O–H groups in total. The monoisotopic (exact) mass is 97.1 g/mol. The van der Waals surface area contributed by atoms with Crippen molar-refractivity contribution in [2.45, 2.75) is 0 Å². The zero-order chi connectivity index (χ0) is 6.12. The predicted molar refractivity (Wildman–Crippen MR) is 26.2 cm³/mol. The van der Waals surface area contributed by atoms with Crippen LogP contribution in [0.15, 0.2) is 0 Å². The van der Waals surface area contributed by atoms with Crippen LogP contribution >= 0.6 is 0 Å². The van der Waals surface area contributed by atoms with E-state index in [-0.39, 0.29) is 0 Å². The highest BCUT2D eigenvalue weighted by Gasteiger charge is 1.39. The molecule has 0 fully saturated rings. The van der Waals surface area contributed by atoms with Crippen molar-refractivity contribution in [2.24, 2.45) is 0 Å². The lowest BCUT2D eigenvalue weighted by Gasteiger charge is -1.59. The van der Waals surface area contributed by atoms with Crippen LogP contribution in [0.1, 0.15) is 0 Å². The first-order chi connectivity index (χ1) is 3.33. The molecule has 3 nitrogen and oxygen atoms in total. The summed E-state index contributed by atoms with van der Waals surface area (Å²) in [6.45, 7) is 0. The second kappa shape index (κ2) is 20.4. The van der Waals surface area contributed by atoms with Gasteiger partial charge in [-0.3, -0.25) is 0 Å². The Labute approximate surface area is 43.2 Å². The van der Waals surface area contributed by atoms with Crippen molar-refractivity contribution in [3.8, 4) is 12.1 Å². The second-order valence-electron chi connectivity index (χ2n) is 0.724. The Balaban J connectivity index is 0. The Morgan fingerprint density at radius 2 is 1.29 bits per heavy atom. The van der Waals surface area contributed by atoms with E-state index in [0.717, 1.165) is 0 Å². The van der Waals surface area contributed by atoms with Crippen LogP contribution in [0.5, 0.6) is 0 Å². The molecule has 0 bridgehead atoms. The van der Waals surface area contributed by atoms with Crippen LogP contribution in [0.3, 0.4) is 0 Å². The SMILES string of the molecule is CNC.N#CC#N. The van der Waals surface area contributed by atoms with Crippen LogP contribution < -0.4 is 5.32 Å². The van der Waals surface area contributed by atoms with Crippen LogP contribution in [-0.4, -0.2) is 14.1 Å². The zero-order valence-electron chi connectivity index (χ0n) is 4.39. The van der Waals surface area contributed by atoms with E-state index in [1.165, 1.54) is 12.1 Å². The minimum Gasteiger partial charge on any atom is -0.323 e. The molecule has 0 aliphatic rings. The summed E-state index contributed by atoms with van der Waals surface area (Å²) in [5.74, 6) is 0. The Morgan fingerprint density at radius 1 is 1.14 bits per heavy atom. The molecule has 0 aliphatic carbocycles. The van der Waals surface area contributed by atoms with Crippen LogP contribution in [0.4, 0.5) is 0 Å². The van der Waals surface area contributed by atoms with E-state index in [2.05, 4.69) is 5.32 Å². The predicted octanol–water partition coefficient (Wildman–Crippen LogP) is -0.131. The van der Waals surface area contributed by atoms with Gasteiger partial charge in [0.05, 0.1) is 0 Å². The molecule has 0 saturated heterocycles. The van der Waals surface area contributed by atoms with Crippen LogP contribution in [0, 0.1) is 22.7 Å². The molecular formula is C4H7N3. The number of nitrogens with zero attached hydrogens (tertiary/aromatic N) is 2. The van der Waals surface area contributed by atoms with Crippen molar-refractivity contribution < 1.29 is 0 Å². The third kappa shape index (κ3) is 11900. The fourth-order valence-electron chi connectivity index (χ4n) is 0. The largest absolute Gasteiger partial charge is 0.323 e. The first-order valence-electron chi connectivity index (χ1n) is 1.70. The molecule has 0 heterocycles. The summed E-state index contributed by atoms with van der Waals surface area (Å²) in [4.78, 5) is 0. The molecule has 0 radical (unpaired) electrons. The summed E-state index contributed by atoms with van der Waals surface area (Å²) >= 11 is 0. The molecule has 3 heteroatoms. The van der Waals surface area contributed by atoms with E-state index < -0.39 is 0 Å². The maximum Gasteiger partial charge on any atom is 0.181 e. The number of nitriles is 2. The smallest absolute Gasteiger partial charge is 0.181 e. The average Bonchev–Trinajstić information content (AvgIpc) is 1.69. The molecule has 38 valence electrons. The highest BCUT2D eigenvalue weighted by atomic mass is 14.7. The van der Waals surface area contributed by atoms with Crippen molar-refractivity contribution in [1.82, 2.24) is 5.32 Å². The van der Waals surface area contributed by atoms with Gasteiger partial charge >= 0.3 is 0 Å². The van der Waals surface area contributed by atoms with Crippen molar-refractivity contribution in [2.75, 3.05) is 14.1 Å². The number of hydrogen-bond donors (Lipinski definition) is 1. The first-order valence-corrected chi connectivity index (χ1v) is 1.70. The van der Waals surface area contributed by atoms with E-state index in [0.29, 0.717) is 0 Å².